The van der Waals surface area contributed by atoms with E-state index in [1.165, 1.54) is 24.4 Å². The molecule has 0 aliphatic carbocycles. The van der Waals surface area contributed by atoms with Crippen molar-refractivity contribution in [3.8, 4) is 11.6 Å². The number of ether oxygens (including phenoxy) is 1. The second-order valence-electron chi connectivity index (χ2n) is 5.05. The van der Waals surface area contributed by atoms with Crippen molar-refractivity contribution in [2.24, 2.45) is 5.92 Å². The van der Waals surface area contributed by atoms with Crippen molar-refractivity contribution in [2.75, 3.05) is 6.54 Å². The van der Waals surface area contributed by atoms with E-state index >= 15 is 0 Å². The van der Waals surface area contributed by atoms with Crippen molar-refractivity contribution in [3.63, 3.8) is 0 Å². The summed E-state index contributed by atoms with van der Waals surface area (Å²) in [5.74, 6) is 0.852. The standard InChI is InChI=1S/C15H17ClFN3O/c1-10(2)6-18-7-11-8-19-9-15(20-11)21-12-3-4-14(17)13(16)5-12/h3-5,8-10,18H,6-7H2,1-2H3. The van der Waals surface area contributed by atoms with Crippen LogP contribution >= 0.6 is 11.6 Å². The van der Waals surface area contributed by atoms with Gasteiger partial charge in [-0.2, -0.15) is 0 Å². The van der Waals surface area contributed by atoms with E-state index in [0.717, 1.165) is 12.2 Å². The summed E-state index contributed by atoms with van der Waals surface area (Å²) < 4.78 is 18.6. The molecule has 1 heterocycles. The predicted molar refractivity (Wildman–Crippen MR) is 80.1 cm³/mol. The van der Waals surface area contributed by atoms with Gasteiger partial charge in [0.15, 0.2) is 0 Å². The first-order chi connectivity index (χ1) is 10.0. The zero-order valence-corrected chi connectivity index (χ0v) is 12.7. The van der Waals surface area contributed by atoms with E-state index in [9.17, 15) is 4.39 Å². The third-order valence-corrected chi connectivity index (χ3v) is 2.92. The Morgan fingerprint density at radius 1 is 1.33 bits per heavy atom. The second-order valence-corrected chi connectivity index (χ2v) is 5.46. The number of benzene rings is 1. The number of hydrogen-bond donors (Lipinski definition) is 1. The average molecular weight is 310 g/mol. The number of hydrogen-bond acceptors (Lipinski definition) is 4. The largest absolute Gasteiger partial charge is 0.437 e. The van der Waals surface area contributed by atoms with Crippen LogP contribution in [0.25, 0.3) is 0 Å². The molecule has 2 rings (SSSR count). The molecule has 0 fully saturated rings. The van der Waals surface area contributed by atoms with Crippen LogP contribution in [0.4, 0.5) is 4.39 Å². The van der Waals surface area contributed by atoms with Gasteiger partial charge in [-0.3, -0.25) is 4.98 Å². The topological polar surface area (TPSA) is 47.0 Å². The van der Waals surface area contributed by atoms with E-state index in [-0.39, 0.29) is 5.02 Å². The maximum Gasteiger partial charge on any atom is 0.238 e. The SMILES string of the molecule is CC(C)CNCc1cncc(Oc2ccc(F)c(Cl)c2)n1. The highest BCUT2D eigenvalue weighted by molar-refractivity contribution is 6.30. The average Bonchev–Trinajstić information content (AvgIpc) is 2.43. The monoisotopic (exact) mass is 309 g/mol. The molecule has 0 aliphatic heterocycles. The van der Waals surface area contributed by atoms with Gasteiger partial charge in [-0.1, -0.05) is 25.4 Å². The number of nitrogens with zero attached hydrogens (tertiary/aromatic N) is 2. The lowest BCUT2D eigenvalue weighted by molar-refractivity contribution is 0.453. The third kappa shape index (κ3) is 4.95. The summed E-state index contributed by atoms with van der Waals surface area (Å²) >= 11 is 5.71. The van der Waals surface area contributed by atoms with Crippen molar-refractivity contribution in [1.82, 2.24) is 15.3 Å². The van der Waals surface area contributed by atoms with Crippen LogP contribution in [0.2, 0.25) is 5.02 Å². The van der Waals surface area contributed by atoms with Gasteiger partial charge < -0.3 is 10.1 Å². The van der Waals surface area contributed by atoms with Crippen LogP contribution in [0.3, 0.4) is 0 Å². The minimum Gasteiger partial charge on any atom is -0.437 e. The molecule has 1 N–H and O–H groups in total. The Morgan fingerprint density at radius 2 is 2.14 bits per heavy atom. The van der Waals surface area contributed by atoms with Crippen molar-refractivity contribution in [3.05, 3.63) is 47.1 Å². The lowest BCUT2D eigenvalue weighted by Gasteiger charge is -2.08. The zero-order valence-electron chi connectivity index (χ0n) is 11.9. The molecule has 1 aromatic carbocycles. The Morgan fingerprint density at radius 3 is 2.86 bits per heavy atom. The third-order valence-electron chi connectivity index (χ3n) is 2.63. The quantitative estimate of drug-likeness (QED) is 0.881. The first-order valence-electron chi connectivity index (χ1n) is 6.69. The molecule has 0 amide bonds. The van der Waals surface area contributed by atoms with Crippen molar-refractivity contribution >= 4 is 11.6 Å². The molecule has 2 aromatic rings. The number of halogens is 2. The molecule has 0 unspecified atom stereocenters. The lowest BCUT2D eigenvalue weighted by atomic mass is 10.2. The van der Waals surface area contributed by atoms with Crippen LogP contribution in [0.5, 0.6) is 11.6 Å². The summed E-state index contributed by atoms with van der Waals surface area (Å²) in [5.41, 5.74) is 0.779. The number of aromatic nitrogens is 2. The van der Waals surface area contributed by atoms with Crippen LogP contribution in [-0.2, 0) is 6.54 Å². The summed E-state index contributed by atoms with van der Waals surface area (Å²) in [6, 6.07) is 4.15. The van der Waals surface area contributed by atoms with Gasteiger partial charge in [0.2, 0.25) is 5.88 Å². The molecule has 0 radical (unpaired) electrons. The van der Waals surface area contributed by atoms with E-state index in [4.69, 9.17) is 16.3 Å². The highest BCUT2D eigenvalue weighted by Gasteiger charge is 2.05. The molecule has 0 atom stereocenters. The molecule has 1 aromatic heterocycles. The first-order valence-corrected chi connectivity index (χ1v) is 7.07. The molecule has 0 aliphatic rings. The molecular weight excluding hydrogens is 293 g/mol. The number of rotatable bonds is 6. The normalized spacial score (nSPS) is 10.9. The fourth-order valence-electron chi connectivity index (χ4n) is 1.67. The van der Waals surface area contributed by atoms with Crippen LogP contribution in [-0.4, -0.2) is 16.5 Å². The van der Waals surface area contributed by atoms with Gasteiger partial charge in [-0.25, -0.2) is 9.37 Å². The van der Waals surface area contributed by atoms with Gasteiger partial charge in [-0.15, -0.1) is 0 Å². The fourth-order valence-corrected chi connectivity index (χ4v) is 1.84. The Hall–Kier alpha value is -1.72. The van der Waals surface area contributed by atoms with E-state index in [1.54, 1.807) is 6.20 Å². The fraction of sp³-hybridized carbons (Fsp3) is 0.333. The molecular formula is C15H17ClFN3O. The van der Waals surface area contributed by atoms with Crippen LogP contribution in [0.15, 0.2) is 30.6 Å². The minimum atomic E-state index is -0.485. The Bertz CT molecular complexity index is 607. The van der Waals surface area contributed by atoms with Gasteiger partial charge in [0.25, 0.3) is 0 Å². The first kappa shape index (κ1) is 15.7. The lowest BCUT2D eigenvalue weighted by Crippen LogP contribution is -2.19. The highest BCUT2D eigenvalue weighted by Crippen LogP contribution is 2.24. The Kier molecular flexibility index (Phi) is 5.47. The highest BCUT2D eigenvalue weighted by atomic mass is 35.5. The summed E-state index contributed by atoms with van der Waals surface area (Å²) in [4.78, 5) is 8.42. The van der Waals surface area contributed by atoms with E-state index < -0.39 is 5.82 Å². The van der Waals surface area contributed by atoms with E-state index in [1.807, 2.05) is 0 Å². The van der Waals surface area contributed by atoms with Crippen molar-refractivity contribution < 1.29 is 9.13 Å². The van der Waals surface area contributed by atoms with Gasteiger partial charge in [0.1, 0.15) is 11.6 Å². The predicted octanol–water partition coefficient (Wildman–Crippen LogP) is 3.81. The summed E-state index contributed by atoms with van der Waals surface area (Å²) in [6.45, 7) is 5.79. The van der Waals surface area contributed by atoms with Gasteiger partial charge in [-0.05, 0) is 24.6 Å². The molecule has 0 bridgehead atoms. The summed E-state index contributed by atoms with van der Waals surface area (Å²) in [5, 5.41) is 3.29. The smallest absolute Gasteiger partial charge is 0.238 e. The summed E-state index contributed by atoms with van der Waals surface area (Å²) in [7, 11) is 0. The van der Waals surface area contributed by atoms with Gasteiger partial charge >= 0.3 is 0 Å². The molecule has 0 spiro atoms. The van der Waals surface area contributed by atoms with Crippen molar-refractivity contribution in [2.45, 2.75) is 20.4 Å². The molecule has 0 saturated carbocycles. The summed E-state index contributed by atoms with van der Waals surface area (Å²) in [6.07, 6.45) is 3.18. The minimum absolute atomic E-state index is 0.00946. The van der Waals surface area contributed by atoms with Crippen LogP contribution in [0, 0.1) is 11.7 Å². The maximum absolute atomic E-state index is 13.1. The van der Waals surface area contributed by atoms with Crippen LogP contribution < -0.4 is 10.1 Å². The molecule has 4 nitrogen and oxygen atoms in total. The van der Waals surface area contributed by atoms with Crippen molar-refractivity contribution in [1.29, 1.82) is 0 Å². The molecule has 21 heavy (non-hydrogen) atoms. The second kappa shape index (κ2) is 7.33. The van der Waals surface area contributed by atoms with E-state index in [2.05, 4.69) is 29.1 Å². The zero-order chi connectivity index (χ0) is 15.2. The molecule has 6 heteroatoms. The van der Waals surface area contributed by atoms with Crippen LogP contribution in [0.1, 0.15) is 19.5 Å². The molecule has 0 saturated heterocycles. The molecule has 112 valence electrons. The van der Waals surface area contributed by atoms with E-state index in [0.29, 0.717) is 24.1 Å². The van der Waals surface area contributed by atoms with Gasteiger partial charge in [0.05, 0.1) is 16.9 Å². The Balaban J connectivity index is 2.01. The maximum atomic E-state index is 13.1. The Labute approximate surface area is 128 Å². The van der Waals surface area contributed by atoms with Gasteiger partial charge in [0, 0.05) is 18.8 Å². The number of nitrogens with one attached hydrogen (secondary N) is 1.